The first-order valence-corrected chi connectivity index (χ1v) is 4.78. The maximum atomic E-state index is 11.5. The van der Waals surface area contributed by atoms with Gasteiger partial charge in [0.25, 0.3) is 0 Å². The van der Waals surface area contributed by atoms with Crippen LogP contribution in [0.5, 0.6) is 11.5 Å². The van der Waals surface area contributed by atoms with Crippen LogP contribution in [0, 0.1) is 0 Å². The number of ether oxygens (including phenoxy) is 3. The van der Waals surface area contributed by atoms with Gasteiger partial charge in [-0.1, -0.05) is 0 Å². The zero-order chi connectivity index (χ0) is 12.6. The lowest BCUT2D eigenvalue weighted by atomic mass is 10.0. The van der Waals surface area contributed by atoms with Crippen molar-refractivity contribution in [3.63, 3.8) is 0 Å². The monoisotopic (exact) mass is 238 g/mol. The first kappa shape index (κ1) is 11.3. The highest BCUT2D eigenvalue weighted by Crippen LogP contribution is 2.37. The number of esters is 1. The van der Waals surface area contributed by atoms with Crippen LogP contribution in [0.15, 0.2) is 6.07 Å². The maximum absolute atomic E-state index is 11.5. The van der Waals surface area contributed by atoms with Gasteiger partial charge < -0.3 is 19.3 Å². The van der Waals surface area contributed by atoms with Gasteiger partial charge in [0.05, 0.1) is 19.8 Å². The van der Waals surface area contributed by atoms with E-state index in [2.05, 4.69) is 0 Å². The lowest BCUT2D eigenvalue weighted by Crippen LogP contribution is -2.09. The lowest BCUT2D eigenvalue weighted by Gasteiger charge is -2.11. The molecule has 90 valence electrons. The van der Waals surface area contributed by atoms with E-state index in [1.807, 2.05) is 0 Å². The van der Waals surface area contributed by atoms with Gasteiger partial charge >= 0.3 is 11.9 Å². The molecule has 0 atom stereocenters. The summed E-state index contributed by atoms with van der Waals surface area (Å²) < 4.78 is 14.8. The summed E-state index contributed by atoms with van der Waals surface area (Å²) in [5, 5.41) is 9.11. The molecular weight excluding hydrogens is 228 g/mol. The normalized spacial score (nSPS) is 12.9. The summed E-state index contributed by atoms with van der Waals surface area (Å²) in [7, 11) is 2.76. The Hall–Kier alpha value is -2.24. The van der Waals surface area contributed by atoms with E-state index in [1.54, 1.807) is 0 Å². The first-order chi connectivity index (χ1) is 8.10. The first-order valence-electron chi connectivity index (χ1n) is 4.78. The summed E-state index contributed by atoms with van der Waals surface area (Å²) >= 11 is 0. The van der Waals surface area contributed by atoms with Crippen LogP contribution in [0.2, 0.25) is 0 Å². The summed E-state index contributed by atoms with van der Waals surface area (Å²) in [5.41, 5.74) is 0.259. The lowest BCUT2D eigenvalue weighted by molar-refractivity contribution is 0.0525. The molecule has 0 aromatic heterocycles. The predicted octanol–water partition coefficient (Wildman–Crippen LogP) is 1.07. The van der Waals surface area contributed by atoms with Crippen molar-refractivity contribution in [2.45, 2.75) is 6.61 Å². The Morgan fingerprint density at radius 1 is 1.35 bits per heavy atom. The largest absolute Gasteiger partial charge is 0.496 e. The highest BCUT2D eigenvalue weighted by molar-refractivity contribution is 6.07. The molecule has 0 spiro atoms. The summed E-state index contributed by atoms with van der Waals surface area (Å²) in [6.07, 6.45) is 0. The molecule has 6 nitrogen and oxygen atoms in total. The predicted molar refractivity (Wildman–Crippen MR) is 55.6 cm³/mol. The Morgan fingerprint density at radius 2 is 2.00 bits per heavy atom. The van der Waals surface area contributed by atoms with E-state index in [0.717, 1.165) is 0 Å². The maximum Gasteiger partial charge on any atom is 0.340 e. The molecule has 0 aliphatic carbocycles. The van der Waals surface area contributed by atoms with Crippen LogP contribution in [0.4, 0.5) is 0 Å². The number of hydrogen-bond donors (Lipinski definition) is 1. The Balaban J connectivity index is 2.78. The molecule has 0 unspecified atom stereocenters. The third kappa shape index (κ3) is 1.57. The van der Waals surface area contributed by atoms with Gasteiger partial charge in [-0.2, -0.15) is 0 Å². The number of carbonyl (C=O) groups is 2. The summed E-state index contributed by atoms with van der Waals surface area (Å²) in [4.78, 5) is 22.7. The second-order valence-corrected chi connectivity index (χ2v) is 3.39. The van der Waals surface area contributed by atoms with Gasteiger partial charge in [0, 0.05) is 11.6 Å². The number of methoxy groups -OCH3 is 2. The number of hydrogen-bond acceptors (Lipinski definition) is 5. The number of fused-ring (bicyclic) bond motifs is 1. The molecule has 6 heteroatoms. The topological polar surface area (TPSA) is 82.1 Å². The molecule has 17 heavy (non-hydrogen) atoms. The Morgan fingerprint density at radius 3 is 2.53 bits per heavy atom. The molecule has 1 heterocycles. The van der Waals surface area contributed by atoms with Crippen molar-refractivity contribution < 1.29 is 28.9 Å². The van der Waals surface area contributed by atoms with Crippen LogP contribution in [0.1, 0.15) is 26.3 Å². The molecule has 0 saturated carbocycles. The molecule has 1 aliphatic heterocycles. The summed E-state index contributed by atoms with van der Waals surface area (Å²) in [6, 6.07) is 1.43. The van der Waals surface area contributed by atoms with Crippen LogP contribution in [0.3, 0.4) is 0 Å². The van der Waals surface area contributed by atoms with Crippen LogP contribution < -0.4 is 9.47 Å². The summed E-state index contributed by atoms with van der Waals surface area (Å²) in [5.74, 6) is -1.45. The van der Waals surface area contributed by atoms with Gasteiger partial charge in [-0.25, -0.2) is 9.59 Å². The van der Waals surface area contributed by atoms with Crippen molar-refractivity contribution in [1.29, 1.82) is 0 Å². The van der Waals surface area contributed by atoms with Gasteiger partial charge in [0.15, 0.2) is 0 Å². The Bertz CT molecular complexity index is 505. The number of carbonyl (C=O) groups excluding carboxylic acids is 1. The molecule has 1 aromatic carbocycles. The fourth-order valence-corrected chi connectivity index (χ4v) is 1.81. The van der Waals surface area contributed by atoms with Crippen LogP contribution in [0.25, 0.3) is 0 Å². The van der Waals surface area contributed by atoms with E-state index in [4.69, 9.17) is 19.3 Å². The minimum absolute atomic E-state index is 0.00806. The number of cyclic esters (lactones) is 1. The van der Waals surface area contributed by atoms with Gasteiger partial charge in [0.1, 0.15) is 23.7 Å². The van der Waals surface area contributed by atoms with Crippen molar-refractivity contribution >= 4 is 11.9 Å². The molecule has 1 aliphatic rings. The van der Waals surface area contributed by atoms with Crippen molar-refractivity contribution in [2.75, 3.05) is 14.2 Å². The highest BCUT2D eigenvalue weighted by atomic mass is 16.5. The van der Waals surface area contributed by atoms with Gasteiger partial charge in [-0.05, 0) is 0 Å². The van der Waals surface area contributed by atoms with E-state index in [9.17, 15) is 9.59 Å². The van der Waals surface area contributed by atoms with Crippen LogP contribution in [-0.2, 0) is 11.3 Å². The minimum atomic E-state index is -1.24. The van der Waals surface area contributed by atoms with Crippen LogP contribution >= 0.6 is 0 Å². The highest BCUT2D eigenvalue weighted by Gasteiger charge is 2.33. The number of carboxylic acid groups (broad SMARTS) is 1. The second-order valence-electron chi connectivity index (χ2n) is 3.39. The molecular formula is C11H10O6. The van der Waals surface area contributed by atoms with Crippen LogP contribution in [-0.4, -0.2) is 31.3 Å². The van der Waals surface area contributed by atoms with E-state index >= 15 is 0 Å². The summed E-state index contributed by atoms with van der Waals surface area (Å²) in [6.45, 7) is 0.0155. The molecule has 0 fully saturated rings. The average Bonchev–Trinajstić information content (AvgIpc) is 2.69. The fraction of sp³-hybridized carbons (Fsp3) is 0.273. The smallest absolute Gasteiger partial charge is 0.340 e. The number of rotatable bonds is 3. The van der Waals surface area contributed by atoms with E-state index in [1.165, 1.54) is 20.3 Å². The van der Waals surface area contributed by atoms with Gasteiger partial charge in [-0.3, -0.25) is 0 Å². The molecule has 0 amide bonds. The molecule has 0 radical (unpaired) electrons. The molecule has 1 aromatic rings. The van der Waals surface area contributed by atoms with Crippen molar-refractivity contribution in [3.8, 4) is 11.5 Å². The third-order valence-electron chi connectivity index (χ3n) is 2.56. The molecule has 2 rings (SSSR count). The number of carboxylic acids is 1. The number of aromatic carboxylic acids is 1. The van der Waals surface area contributed by atoms with E-state index in [-0.39, 0.29) is 23.5 Å². The molecule has 0 bridgehead atoms. The zero-order valence-corrected chi connectivity index (χ0v) is 9.27. The number of benzene rings is 1. The Labute approximate surface area is 96.7 Å². The van der Waals surface area contributed by atoms with E-state index in [0.29, 0.717) is 11.3 Å². The van der Waals surface area contributed by atoms with Gasteiger partial charge in [-0.15, -0.1) is 0 Å². The molecule has 0 saturated heterocycles. The minimum Gasteiger partial charge on any atom is -0.496 e. The molecule has 1 N–H and O–H groups in total. The third-order valence-corrected chi connectivity index (χ3v) is 2.56. The quantitative estimate of drug-likeness (QED) is 0.793. The van der Waals surface area contributed by atoms with Crippen molar-refractivity contribution in [2.24, 2.45) is 0 Å². The van der Waals surface area contributed by atoms with E-state index < -0.39 is 11.9 Å². The van der Waals surface area contributed by atoms with Gasteiger partial charge in [0.2, 0.25) is 0 Å². The van der Waals surface area contributed by atoms with Crippen molar-refractivity contribution in [1.82, 2.24) is 0 Å². The zero-order valence-electron chi connectivity index (χ0n) is 9.27. The second kappa shape index (κ2) is 3.97. The average molecular weight is 238 g/mol. The SMILES string of the molecule is COc1cc(OC)c(C(=O)O)c2c1COC2=O. The van der Waals surface area contributed by atoms with Crippen molar-refractivity contribution in [3.05, 3.63) is 22.8 Å². The fourth-order valence-electron chi connectivity index (χ4n) is 1.81. The Kier molecular flexibility index (Phi) is 2.63. The standard InChI is InChI=1S/C11H10O6/c1-15-6-3-7(16-2)9(10(12)13)8-5(6)4-17-11(8)14/h3H,4H2,1-2H3,(H,12,13).